The second-order valence-corrected chi connectivity index (χ2v) is 6.43. The number of aromatic nitrogens is 1. The Labute approximate surface area is 158 Å². The molecule has 0 radical (unpaired) electrons. The van der Waals surface area contributed by atoms with E-state index >= 15 is 0 Å². The van der Waals surface area contributed by atoms with Crippen LogP contribution in [0.4, 0.5) is 8.78 Å². The number of hydrogen-bond acceptors (Lipinski definition) is 1. The Bertz CT molecular complexity index is 971. The van der Waals surface area contributed by atoms with Crippen LogP contribution in [0.1, 0.15) is 24.5 Å². The fourth-order valence-electron chi connectivity index (χ4n) is 3.02. The number of allylic oxidation sites excluding steroid dienone is 3. The predicted octanol–water partition coefficient (Wildman–Crippen LogP) is 6.45. The Morgan fingerprint density at radius 2 is 1.89 bits per heavy atom. The molecule has 0 saturated heterocycles. The smallest absolute Gasteiger partial charge is 0.162 e. The number of fused-ring (bicyclic) bond motifs is 1. The molecule has 0 bridgehead atoms. The zero-order chi connectivity index (χ0) is 19.2. The van der Waals surface area contributed by atoms with E-state index in [-0.39, 0.29) is 11.6 Å². The highest BCUT2D eigenvalue weighted by Crippen LogP contribution is 2.23. The second kappa shape index (κ2) is 8.67. The average molecular weight is 367 g/mol. The number of halogens is 2. The quantitative estimate of drug-likeness (QED) is 0.346. The molecule has 0 amide bonds. The largest absolute Gasteiger partial charge is 0.486 e. The van der Waals surface area contributed by atoms with E-state index in [1.54, 1.807) is 6.08 Å². The first-order valence-corrected chi connectivity index (χ1v) is 9.06. The van der Waals surface area contributed by atoms with Crippen molar-refractivity contribution in [3.05, 3.63) is 95.4 Å². The van der Waals surface area contributed by atoms with Crippen LogP contribution >= 0.6 is 0 Å². The summed E-state index contributed by atoms with van der Waals surface area (Å²) in [7, 11) is 0. The number of ether oxygens (including phenoxy) is 1. The van der Waals surface area contributed by atoms with Crippen molar-refractivity contribution in [2.75, 3.05) is 0 Å². The zero-order valence-electron chi connectivity index (χ0n) is 15.6. The maximum atomic E-state index is 14.7. The van der Waals surface area contributed by atoms with Crippen molar-refractivity contribution in [2.45, 2.75) is 33.4 Å². The first kappa shape index (κ1) is 18.9. The highest BCUT2D eigenvalue weighted by molar-refractivity contribution is 5.83. The highest BCUT2D eigenvalue weighted by Gasteiger charge is 2.08. The third-order valence-corrected chi connectivity index (χ3v) is 4.39. The van der Waals surface area contributed by atoms with Gasteiger partial charge in [0.2, 0.25) is 0 Å². The standard InChI is InChI=1S/C23H23F2NO/c1-3-7-23(27-16-18-8-5-4-6-9-18)21(25)11-13-26-12-10-20-17(2)14-19(24)15-22(20)26/h4-12,14-15H,3,13,16H2,1-2H3/b21-11+,23-7+. The van der Waals surface area contributed by atoms with Crippen LogP contribution in [-0.2, 0) is 17.9 Å². The van der Waals surface area contributed by atoms with Gasteiger partial charge in [0.05, 0.1) is 5.52 Å². The van der Waals surface area contributed by atoms with Crippen molar-refractivity contribution in [2.24, 2.45) is 0 Å². The molecule has 0 saturated carbocycles. The maximum Gasteiger partial charge on any atom is 0.162 e. The lowest BCUT2D eigenvalue weighted by Crippen LogP contribution is -1.98. The summed E-state index contributed by atoms with van der Waals surface area (Å²) in [6.45, 7) is 4.41. The van der Waals surface area contributed by atoms with E-state index < -0.39 is 5.83 Å². The summed E-state index contributed by atoms with van der Waals surface area (Å²) >= 11 is 0. The van der Waals surface area contributed by atoms with Crippen molar-refractivity contribution in [1.82, 2.24) is 4.57 Å². The average Bonchev–Trinajstić information content (AvgIpc) is 3.07. The minimum absolute atomic E-state index is 0.236. The van der Waals surface area contributed by atoms with Crippen molar-refractivity contribution < 1.29 is 13.5 Å². The molecule has 0 atom stereocenters. The van der Waals surface area contributed by atoms with Crippen LogP contribution in [-0.4, -0.2) is 4.57 Å². The maximum absolute atomic E-state index is 14.7. The number of benzene rings is 2. The predicted molar refractivity (Wildman–Crippen MR) is 105 cm³/mol. The highest BCUT2D eigenvalue weighted by atomic mass is 19.1. The van der Waals surface area contributed by atoms with E-state index in [4.69, 9.17) is 4.74 Å². The van der Waals surface area contributed by atoms with E-state index in [2.05, 4.69) is 0 Å². The summed E-state index contributed by atoms with van der Waals surface area (Å²) in [6.07, 6.45) is 5.70. The van der Waals surface area contributed by atoms with Crippen LogP contribution in [0.2, 0.25) is 0 Å². The van der Waals surface area contributed by atoms with Gasteiger partial charge in [-0.1, -0.05) is 37.3 Å². The van der Waals surface area contributed by atoms with Crippen LogP contribution in [0.5, 0.6) is 0 Å². The van der Waals surface area contributed by atoms with E-state index in [0.29, 0.717) is 19.6 Å². The molecule has 1 heterocycles. The van der Waals surface area contributed by atoms with Gasteiger partial charge >= 0.3 is 0 Å². The summed E-state index contributed by atoms with van der Waals surface area (Å²) in [5, 5.41) is 0.967. The lowest BCUT2D eigenvalue weighted by Gasteiger charge is -2.10. The molecule has 0 aliphatic heterocycles. The molecule has 4 heteroatoms. The Morgan fingerprint density at radius 3 is 2.63 bits per heavy atom. The van der Waals surface area contributed by atoms with Gasteiger partial charge in [-0.05, 0) is 54.8 Å². The van der Waals surface area contributed by atoms with Crippen molar-refractivity contribution in [3.8, 4) is 0 Å². The first-order chi connectivity index (χ1) is 13.1. The zero-order valence-corrected chi connectivity index (χ0v) is 15.6. The Balaban J connectivity index is 1.75. The lowest BCUT2D eigenvalue weighted by atomic mass is 10.1. The van der Waals surface area contributed by atoms with Crippen molar-refractivity contribution in [3.63, 3.8) is 0 Å². The van der Waals surface area contributed by atoms with Crippen LogP contribution in [0.25, 0.3) is 10.9 Å². The number of rotatable bonds is 7. The van der Waals surface area contributed by atoms with E-state index in [0.717, 1.165) is 22.0 Å². The summed E-state index contributed by atoms with van der Waals surface area (Å²) in [5.41, 5.74) is 2.60. The monoisotopic (exact) mass is 367 g/mol. The Hall–Kier alpha value is -2.88. The third-order valence-electron chi connectivity index (χ3n) is 4.39. The minimum Gasteiger partial charge on any atom is -0.486 e. The molecule has 2 aromatic carbocycles. The normalized spacial score (nSPS) is 12.6. The lowest BCUT2D eigenvalue weighted by molar-refractivity contribution is 0.194. The fourth-order valence-corrected chi connectivity index (χ4v) is 3.02. The molecule has 27 heavy (non-hydrogen) atoms. The van der Waals surface area contributed by atoms with Crippen molar-refractivity contribution >= 4 is 10.9 Å². The Morgan fingerprint density at radius 1 is 1.11 bits per heavy atom. The van der Waals surface area contributed by atoms with E-state index in [9.17, 15) is 8.78 Å². The molecule has 0 unspecified atom stereocenters. The molecule has 0 N–H and O–H groups in total. The molecule has 3 rings (SSSR count). The van der Waals surface area contributed by atoms with Gasteiger partial charge in [0, 0.05) is 18.1 Å². The van der Waals surface area contributed by atoms with Gasteiger partial charge in [0.15, 0.2) is 11.6 Å². The van der Waals surface area contributed by atoms with E-state index in [1.807, 2.05) is 61.0 Å². The topological polar surface area (TPSA) is 14.2 Å². The molecule has 3 aromatic rings. The van der Waals surface area contributed by atoms with E-state index in [1.165, 1.54) is 18.2 Å². The van der Waals surface area contributed by atoms with Crippen molar-refractivity contribution in [1.29, 1.82) is 0 Å². The Kier molecular flexibility index (Phi) is 6.07. The first-order valence-electron chi connectivity index (χ1n) is 9.06. The van der Waals surface area contributed by atoms with Crippen LogP contribution < -0.4 is 0 Å². The van der Waals surface area contributed by atoms with Crippen LogP contribution in [0.15, 0.2) is 78.5 Å². The number of nitrogens with zero attached hydrogens (tertiary/aromatic N) is 1. The fraction of sp³-hybridized carbons (Fsp3) is 0.217. The summed E-state index contributed by atoms with van der Waals surface area (Å²) in [5.74, 6) is -0.468. The van der Waals surface area contributed by atoms with Crippen LogP contribution in [0.3, 0.4) is 0 Å². The van der Waals surface area contributed by atoms with Gasteiger partial charge in [-0.25, -0.2) is 8.78 Å². The molecule has 0 spiro atoms. The molecule has 140 valence electrons. The van der Waals surface area contributed by atoms with Gasteiger partial charge < -0.3 is 9.30 Å². The molecular formula is C23H23F2NO. The molecule has 1 aromatic heterocycles. The molecular weight excluding hydrogens is 344 g/mol. The van der Waals surface area contributed by atoms with Gasteiger partial charge in [0.25, 0.3) is 0 Å². The second-order valence-electron chi connectivity index (χ2n) is 6.43. The van der Waals surface area contributed by atoms with Crippen LogP contribution in [0, 0.1) is 12.7 Å². The minimum atomic E-state index is -0.414. The molecule has 2 nitrogen and oxygen atoms in total. The molecule has 0 aliphatic carbocycles. The van der Waals surface area contributed by atoms with Gasteiger partial charge in [-0.2, -0.15) is 0 Å². The summed E-state index contributed by atoms with van der Waals surface area (Å²) in [6, 6.07) is 14.6. The summed E-state index contributed by atoms with van der Waals surface area (Å²) in [4.78, 5) is 0. The van der Waals surface area contributed by atoms with Gasteiger partial charge in [-0.3, -0.25) is 0 Å². The molecule has 0 aliphatic rings. The third kappa shape index (κ3) is 4.64. The van der Waals surface area contributed by atoms with Gasteiger partial charge in [-0.15, -0.1) is 0 Å². The summed E-state index contributed by atoms with van der Waals surface area (Å²) < 4.78 is 35.9. The molecule has 0 fully saturated rings. The SMILES string of the molecule is CC/C=C(OCc1ccccc1)\C(F)=C/Cn1ccc2c(C)cc(F)cc21. The number of aryl methyl sites for hydroxylation is 1. The van der Waals surface area contributed by atoms with Gasteiger partial charge in [0.1, 0.15) is 12.4 Å². The number of hydrogen-bond donors (Lipinski definition) is 0.